The van der Waals surface area contributed by atoms with Gasteiger partial charge in [-0.3, -0.25) is 4.79 Å². The number of carbonyl (C=O) groups excluding carboxylic acids is 1. The lowest BCUT2D eigenvalue weighted by molar-refractivity contribution is -0.128. The van der Waals surface area contributed by atoms with E-state index in [2.05, 4.69) is 0 Å². The number of rotatable bonds is 6. The van der Waals surface area contributed by atoms with Crippen molar-refractivity contribution >= 4 is 17.7 Å². The van der Waals surface area contributed by atoms with Gasteiger partial charge in [-0.2, -0.15) is 0 Å². The standard InChI is InChI=1S/C20H21NO5S/c1-23-15-5-3-13(9-17(15)24-2)7-8-21-19(22)11-27-20(21)14-4-6-16-18(10-14)26-12-25-16/h3-6,9-10,20H,7-8,11-12H2,1-2H3/t20-/m0/s1. The number of amides is 1. The zero-order valence-electron chi connectivity index (χ0n) is 15.3. The topological polar surface area (TPSA) is 57.2 Å². The zero-order chi connectivity index (χ0) is 18.8. The Balaban J connectivity index is 1.49. The summed E-state index contributed by atoms with van der Waals surface area (Å²) in [6, 6.07) is 11.7. The minimum atomic E-state index is -0.00727. The van der Waals surface area contributed by atoms with Crippen LogP contribution in [0.4, 0.5) is 0 Å². The Labute approximate surface area is 162 Å². The Hall–Kier alpha value is -2.54. The van der Waals surface area contributed by atoms with Gasteiger partial charge in [0.2, 0.25) is 12.7 Å². The van der Waals surface area contributed by atoms with Crippen LogP contribution in [0.15, 0.2) is 36.4 Å². The molecule has 0 saturated carbocycles. The number of thioether (sulfide) groups is 1. The third-order valence-corrected chi connectivity index (χ3v) is 6.00. The molecule has 4 rings (SSSR count). The molecule has 0 radical (unpaired) electrons. The second-order valence-electron chi connectivity index (χ2n) is 6.30. The van der Waals surface area contributed by atoms with Gasteiger partial charge in [-0.15, -0.1) is 11.8 Å². The van der Waals surface area contributed by atoms with E-state index in [1.165, 1.54) is 0 Å². The number of hydrogen-bond donors (Lipinski definition) is 0. The molecule has 6 nitrogen and oxygen atoms in total. The maximum absolute atomic E-state index is 12.4. The second-order valence-corrected chi connectivity index (χ2v) is 7.37. The van der Waals surface area contributed by atoms with Crippen molar-refractivity contribution in [1.29, 1.82) is 0 Å². The molecule has 0 spiro atoms. The molecule has 7 heteroatoms. The van der Waals surface area contributed by atoms with Gasteiger partial charge in [0.25, 0.3) is 0 Å². The van der Waals surface area contributed by atoms with E-state index in [0.29, 0.717) is 23.8 Å². The molecule has 27 heavy (non-hydrogen) atoms. The van der Waals surface area contributed by atoms with Gasteiger partial charge in [-0.05, 0) is 41.8 Å². The molecule has 142 valence electrons. The third kappa shape index (κ3) is 3.51. The summed E-state index contributed by atoms with van der Waals surface area (Å²) in [4.78, 5) is 14.4. The molecule has 2 aromatic carbocycles. The molecule has 0 bridgehead atoms. The fourth-order valence-electron chi connectivity index (χ4n) is 3.32. The minimum Gasteiger partial charge on any atom is -0.493 e. The predicted octanol–water partition coefficient (Wildman–Crippen LogP) is 3.25. The normalized spacial score (nSPS) is 18.1. The summed E-state index contributed by atoms with van der Waals surface area (Å²) in [6.07, 6.45) is 0.744. The van der Waals surface area contributed by atoms with Crippen molar-refractivity contribution in [3.63, 3.8) is 0 Å². The van der Waals surface area contributed by atoms with Crippen LogP contribution in [0, 0.1) is 0 Å². The molecule has 1 saturated heterocycles. The molecule has 1 fully saturated rings. The highest BCUT2D eigenvalue weighted by Gasteiger charge is 2.33. The summed E-state index contributed by atoms with van der Waals surface area (Å²) in [7, 11) is 3.24. The molecule has 2 aromatic rings. The van der Waals surface area contributed by atoms with Gasteiger partial charge >= 0.3 is 0 Å². The monoisotopic (exact) mass is 387 g/mol. The highest BCUT2D eigenvalue weighted by atomic mass is 32.2. The number of methoxy groups -OCH3 is 2. The first kappa shape index (κ1) is 17.9. The van der Waals surface area contributed by atoms with Gasteiger partial charge in [0.15, 0.2) is 23.0 Å². The van der Waals surface area contributed by atoms with Gasteiger partial charge in [0, 0.05) is 6.54 Å². The summed E-state index contributed by atoms with van der Waals surface area (Å²) in [6.45, 7) is 0.888. The van der Waals surface area contributed by atoms with Crippen molar-refractivity contribution in [1.82, 2.24) is 4.90 Å². The van der Waals surface area contributed by atoms with Crippen molar-refractivity contribution < 1.29 is 23.7 Å². The SMILES string of the molecule is COc1ccc(CCN2C(=O)CS[C@H]2c2ccc3c(c2)OCO3)cc1OC. The Morgan fingerprint density at radius 3 is 2.70 bits per heavy atom. The Morgan fingerprint density at radius 2 is 1.89 bits per heavy atom. The number of fused-ring (bicyclic) bond motifs is 1. The molecule has 1 amide bonds. The van der Waals surface area contributed by atoms with Gasteiger partial charge in [-0.25, -0.2) is 0 Å². The van der Waals surface area contributed by atoms with Crippen LogP contribution < -0.4 is 18.9 Å². The summed E-state index contributed by atoms with van der Waals surface area (Å²) >= 11 is 1.64. The van der Waals surface area contributed by atoms with Crippen LogP contribution in [0.25, 0.3) is 0 Å². The largest absolute Gasteiger partial charge is 0.493 e. The van der Waals surface area contributed by atoms with Crippen LogP contribution in [0.5, 0.6) is 23.0 Å². The second kappa shape index (κ2) is 7.60. The summed E-state index contributed by atoms with van der Waals surface area (Å²) in [5.41, 5.74) is 2.16. The Morgan fingerprint density at radius 1 is 1.07 bits per heavy atom. The van der Waals surface area contributed by atoms with Crippen molar-refractivity contribution in [2.24, 2.45) is 0 Å². The number of nitrogens with zero attached hydrogens (tertiary/aromatic N) is 1. The van der Waals surface area contributed by atoms with Crippen LogP contribution in [0.3, 0.4) is 0 Å². The van der Waals surface area contributed by atoms with Gasteiger partial charge in [-0.1, -0.05) is 12.1 Å². The lowest BCUT2D eigenvalue weighted by Gasteiger charge is -2.24. The fraction of sp³-hybridized carbons (Fsp3) is 0.350. The lowest BCUT2D eigenvalue weighted by Crippen LogP contribution is -2.30. The van der Waals surface area contributed by atoms with Crippen molar-refractivity contribution in [3.8, 4) is 23.0 Å². The first-order chi connectivity index (χ1) is 13.2. The summed E-state index contributed by atoms with van der Waals surface area (Å²) in [5.74, 6) is 3.54. The van der Waals surface area contributed by atoms with Gasteiger partial charge in [0.1, 0.15) is 5.37 Å². The van der Waals surface area contributed by atoms with E-state index in [4.69, 9.17) is 18.9 Å². The Kier molecular flexibility index (Phi) is 5.03. The highest BCUT2D eigenvalue weighted by molar-refractivity contribution is 8.00. The lowest BCUT2D eigenvalue weighted by atomic mass is 10.1. The van der Waals surface area contributed by atoms with Crippen LogP contribution in [0.1, 0.15) is 16.5 Å². The Bertz CT molecular complexity index is 856. The number of ether oxygens (including phenoxy) is 4. The average Bonchev–Trinajstić information content (AvgIpc) is 3.31. The highest BCUT2D eigenvalue weighted by Crippen LogP contribution is 2.42. The molecule has 2 aliphatic rings. The van der Waals surface area contributed by atoms with Crippen LogP contribution in [-0.4, -0.2) is 44.1 Å². The molecular weight excluding hydrogens is 366 g/mol. The van der Waals surface area contributed by atoms with E-state index in [1.54, 1.807) is 26.0 Å². The molecule has 0 unspecified atom stereocenters. The maximum Gasteiger partial charge on any atom is 0.233 e. The zero-order valence-corrected chi connectivity index (χ0v) is 16.1. The quantitative estimate of drug-likeness (QED) is 0.758. The summed E-state index contributed by atoms with van der Waals surface area (Å²) in [5, 5.41) is -0.00727. The van der Waals surface area contributed by atoms with Crippen molar-refractivity contribution in [2.45, 2.75) is 11.8 Å². The third-order valence-electron chi connectivity index (χ3n) is 4.74. The number of benzene rings is 2. The van der Waals surface area contributed by atoms with E-state index in [-0.39, 0.29) is 18.1 Å². The molecule has 2 heterocycles. The molecule has 0 N–H and O–H groups in total. The maximum atomic E-state index is 12.4. The first-order valence-corrected chi connectivity index (χ1v) is 9.76. The van der Waals surface area contributed by atoms with Gasteiger partial charge in [0.05, 0.1) is 20.0 Å². The molecule has 2 aliphatic heterocycles. The van der Waals surface area contributed by atoms with Crippen LogP contribution in [0.2, 0.25) is 0 Å². The molecule has 0 aromatic heterocycles. The van der Waals surface area contributed by atoms with E-state index in [0.717, 1.165) is 29.0 Å². The van der Waals surface area contributed by atoms with E-state index in [1.807, 2.05) is 41.3 Å². The van der Waals surface area contributed by atoms with E-state index >= 15 is 0 Å². The number of hydrogen-bond acceptors (Lipinski definition) is 6. The van der Waals surface area contributed by atoms with Gasteiger partial charge < -0.3 is 23.8 Å². The number of carbonyl (C=O) groups is 1. The smallest absolute Gasteiger partial charge is 0.233 e. The fourth-order valence-corrected chi connectivity index (χ4v) is 4.53. The van der Waals surface area contributed by atoms with Crippen LogP contribution >= 0.6 is 11.8 Å². The van der Waals surface area contributed by atoms with E-state index < -0.39 is 0 Å². The van der Waals surface area contributed by atoms with Crippen molar-refractivity contribution in [2.75, 3.05) is 33.3 Å². The van der Waals surface area contributed by atoms with Crippen LogP contribution in [-0.2, 0) is 11.2 Å². The minimum absolute atomic E-state index is 0.00727. The average molecular weight is 387 g/mol. The predicted molar refractivity (Wildman–Crippen MR) is 103 cm³/mol. The molecule has 1 atom stereocenters. The summed E-state index contributed by atoms with van der Waals surface area (Å²) < 4.78 is 21.5. The van der Waals surface area contributed by atoms with E-state index in [9.17, 15) is 4.79 Å². The van der Waals surface area contributed by atoms with Crippen molar-refractivity contribution in [3.05, 3.63) is 47.5 Å². The first-order valence-electron chi connectivity index (χ1n) is 8.71. The molecule has 0 aliphatic carbocycles. The molecular formula is C20H21NO5S.